The molecule has 1 amide bonds. The van der Waals surface area contributed by atoms with Gasteiger partial charge in [-0.25, -0.2) is 0 Å². The molecule has 0 aliphatic carbocycles. The Morgan fingerprint density at radius 2 is 0.656 bits per heavy atom. The summed E-state index contributed by atoms with van der Waals surface area (Å²) in [4.78, 5) is 12.4. The van der Waals surface area contributed by atoms with E-state index in [1.807, 2.05) is 0 Å². The molecule has 362 valence electrons. The van der Waals surface area contributed by atoms with E-state index in [1.165, 1.54) is 238 Å². The van der Waals surface area contributed by atoms with Crippen LogP contribution in [0.1, 0.15) is 303 Å². The third kappa shape index (κ3) is 46.6. The first kappa shape index (κ1) is 59.8. The number of hydrogen-bond donors (Lipinski definition) is 4. The molecule has 4 N–H and O–H groups in total. The van der Waals surface area contributed by atoms with Crippen molar-refractivity contribution in [1.82, 2.24) is 5.32 Å². The van der Waals surface area contributed by atoms with Gasteiger partial charge in [0.25, 0.3) is 0 Å². The predicted octanol–water partition coefficient (Wildman–Crippen LogP) is 16.9. The lowest BCUT2D eigenvalue weighted by molar-refractivity contribution is -0.124. The van der Waals surface area contributed by atoms with Gasteiger partial charge in [0.05, 0.1) is 18.8 Å². The summed E-state index contributed by atoms with van der Waals surface area (Å²) in [6, 6.07) is -0.821. The summed E-state index contributed by atoms with van der Waals surface area (Å²) in [7, 11) is 0. The topological polar surface area (TPSA) is 89.8 Å². The van der Waals surface area contributed by atoms with E-state index in [0.29, 0.717) is 12.8 Å². The molecule has 0 saturated heterocycles. The average molecular weight is 860 g/mol. The van der Waals surface area contributed by atoms with Gasteiger partial charge in [-0.3, -0.25) is 4.79 Å². The molecule has 0 saturated carbocycles. The molecule has 0 bridgehead atoms. The normalized spacial score (nSPS) is 13.5. The molecule has 3 atom stereocenters. The van der Waals surface area contributed by atoms with Crippen molar-refractivity contribution in [3.63, 3.8) is 0 Å². The van der Waals surface area contributed by atoms with E-state index in [2.05, 4.69) is 43.5 Å². The van der Waals surface area contributed by atoms with Crippen LogP contribution in [0.2, 0.25) is 0 Å². The summed E-state index contributed by atoms with van der Waals surface area (Å²) in [5, 5.41) is 33.3. The summed E-state index contributed by atoms with van der Waals surface area (Å²) < 4.78 is 0. The van der Waals surface area contributed by atoms with E-state index >= 15 is 0 Å². The van der Waals surface area contributed by atoms with Crippen molar-refractivity contribution >= 4 is 5.91 Å². The van der Waals surface area contributed by atoms with Crippen molar-refractivity contribution < 1.29 is 20.1 Å². The molecule has 0 radical (unpaired) electrons. The molecule has 0 aromatic carbocycles. The highest BCUT2D eigenvalue weighted by molar-refractivity contribution is 5.76. The second-order valence-electron chi connectivity index (χ2n) is 19.1. The van der Waals surface area contributed by atoms with Crippen LogP contribution in [0.15, 0.2) is 24.3 Å². The zero-order valence-electron chi connectivity index (χ0n) is 41.3. The number of allylic oxidation sites excluding steroid dienone is 4. The zero-order valence-corrected chi connectivity index (χ0v) is 41.3. The first-order chi connectivity index (χ1) is 30.1. The fraction of sp³-hybridized carbons (Fsp3) is 0.911. The van der Waals surface area contributed by atoms with Gasteiger partial charge in [-0.2, -0.15) is 0 Å². The molecule has 0 aromatic heterocycles. The Labute approximate surface area is 382 Å². The third-order valence-corrected chi connectivity index (χ3v) is 13.0. The number of carbonyl (C=O) groups is 1. The van der Waals surface area contributed by atoms with Gasteiger partial charge in [-0.15, -0.1) is 0 Å². The van der Waals surface area contributed by atoms with E-state index in [4.69, 9.17) is 0 Å². The van der Waals surface area contributed by atoms with Crippen LogP contribution in [0.5, 0.6) is 0 Å². The highest BCUT2D eigenvalue weighted by Gasteiger charge is 2.26. The number of hydrogen-bond acceptors (Lipinski definition) is 4. The summed E-state index contributed by atoms with van der Waals surface area (Å²) in [6.07, 6.45) is 65.3. The van der Waals surface area contributed by atoms with Gasteiger partial charge in [0.1, 0.15) is 6.10 Å². The van der Waals surface area contributed by atoms with Crippen molar-refractivity contribution in [2.45, 2.75) is 321 Å². The number of unbranched alkanes of at least 4 members (excludes halogenated alkanes) is 39. The standard InChI is InChI=1S/C56H109NO4/c1-3-5-7-9-11-13-14-15-16-17-18-19-20-21-22-23-24-25-26-27-28-29-30-31-32-33-34-35-36-37-38-39-40-41-42-43-45-47-49-51-55(60)57-53(52-58)56(61)54(59)50-48-46-44-12-10-8-6-4-2/h12,27-28,44,53-54,56,58-59,61H,3-11,13-26,29-43,45-52H2,1-2H3,(H,57,60)/b28-27-,44-12+. The molecule has 0 fully saturated rings. The van der Waals surface area contributed by atoms with Gasteiger partial charge in [-0.1, -0.05) is 256 Å². The molecular formula is C56H109NO4. The molecule has 5 heteroatoms. The van der Waals surface area contributed by atoms with Crippen LogP contribution in [-0.2, 0) is 4.79 Å². The van der Waals surface area contributed by atoms with Gasteiger partial charge in [0, 0.05) is 6.42 Å². The third-order valence-electron chi connectivity index (χ3n) is 13.0. The van der Waals surface area contributed by atoms with E-state index in [1.54, 1.807) is 0 Å². The molecule has 5 nitrogen and oxygen atoms in total. The minimum Gasteiger partial charge on any atom is -0.394 e. The monoisotopic (exact) mass is 860 g/mol. The molecule has 0 aromatic rings. The molecule has 0 rings (SSSR count). The molecule has 0 spiro atoms. The Hall–Kier alpha value is -1.17. The summed E-state index contributed by atoms with van der Waals surface area (Å²) >= 11 is 0. The van der Waals surface area contributed by atoms with Crippen LogP contribution < -0.4 is 5.32 Å². The maximum Gasteiger partial charge on any atom is 0.220 e. The Kier molecular flexibility index (Phi) is 50.5. The van der Waals surface area contributed by atoms with Crippen LogP contribution in [0.4, 0.5) is 0 Å². The van der Waals surface area contributed by atoms with Crippen LogP contribution in [0.3, 0.4) is 0 Å². The number of carbonyl (C=O) groups excluding carboxylic acids is 1. The Bertz CT molecular complexity index is 905. The van der Waals surface area contributed by atoms with Crippen molar-refractivity contribution in [2.24, 2.45) is 0 Å². The largest absolute Gasteiger partial charge is 0.394 e. The second-order valence-corrected chi connectivity index (χ2v) is 19.1. The SMILES string of the molecule is CCCCC/C=C/CCCC(O)C(O)C(CO)NC(=O)CCCCCCCCCCCCCCCCCCC/C=C\CCCCCCCCCCCCCCCCCCCC. The molecule has 0 heterocycles. The maximum atomic E-state index is 12.4. The van der Waals surface area contributed by atoms with Crippen LogP contribution in [0, 0.1) is 0 Å². The van der Waals surface area contributed by atoms with E-state index in [9.17, 15) is 20.1 Å². The molecule has 3 unspecified atom stereocenters. The van der Waals surface area contributed by atoms with Crippen molar-refractivity contribution in [3.05, 3.63) is 24.3 Å². The molecule has 61 heavy (non-hydrogen) atoms. The molecule has 0 aliphatic rings. The first-order valence-electron chi connectivity index (χ1n) is 27.6. The van der Waals surface area contributed by atoms with E-state index in [-0.39, 0.29) is 12.5 Å². The lowest BCUT2D eigenvalue weighted by Gasteiger charge is -2.26. The number of rotatable bonds is 51. The van der Waals surface area contributed by atoms with E-state index < -0.39 is 18.2 Å². The Morgan fingerprint density at radius 3 is 0.984 bits per heavy atom. The average Bonchev–Trinajstić information content (AvgIpc) is 3.26. The summed E-state index contributed by atoms with van der Waals surface area (Å²) in [5.41, 5.74) is 0. The maximum absolute atomic E-state index is 12.4. The fourth-order valence-corrected chi connectivity index (χ4v) is 8.75. The van der Waals surface area contributed by atoms with Crippen molar-refractivity contribution in [3.8, 4) is 0 Å². The van der Waals surface area contributed by atoms with Gasteiger partial charge in [0.2, 0.25) is 5.91 Å². The molecular weight excluding hydrogens is 751 g/mol. The predicted molar refractivity (Wildman–Crippen MR) is 268 cm³/mol. The zero-order chi connectivity index (χ0) is 44.4. The van der Waals surface area contributed by atoms with Gasteiger partial charge < -0.3 is 20.6 Å². The summed E-state index contributed by atoms with van der Waals surface area (Å²) in [5.74, 6) is -0.153. The number of nitrogens with one attached hydrogen (secondary N) is 1. The minimum atomic E-state index is -1.15. The second kappa shape index (κ2) is 51.5. The number of aliphatic hydroxyl groups excluding tert-OH is 3. The molecule has 0 aliphatic heterocycles. The number of amides is 1. The summed E-state index contributed by atoms with van der Waals surface area (Å²) in [6.45, 7) is 4.13. The lowest BCUT2D eigenvalue weighted by atomic mass is 10.0. The van der Waals surface area contributed by atoms with Crippen LogP contribution in [0.25, 0.3) is 0 Å². The Balaban J connectivity index is 3.38. The van der Waals surface area contributed by atoms with Crippen LogP contribution in [-0.4, -0.2) is 46.1 Å². The van der Waals surface area contributed by atoms with Crippen molar-refractivity contribution in [1.29, 1.82) is 0 Å². The quantitative estimate of drug-likeness (QED) is 0.0362. The lowest BCUT2D eigenvalue weighted by Crippen LogP contribution is -2.50. The fourth-order valence-electron chi connectivity index (χ4n) is 8.75. The van der Waals surface area contributed by atoms with Gasteiger partial charge in [0.15, 0.2) is 0 Å². The van der Waals surface area contributed by atoms with Gasteiger partial charge >= 0.3 is 0 Å². The first-order valence-corrected chi connectivity index (χ1v) is 27.6. The minimum absolute atomic E-state index is 0.153. The smallest absolute Gasteiger partial charge is 0.220 e. The van der Waals surface area contributed by atoms with Crippen LogP contribution >= 0.6 is 0 Å². The Morgan fingerprint density at radius 1 is 0.393 bits per heavy atom. The van der Waals surface area contributed by atoms with Gasteiger partial charge in [-0.05, 0) is 64.2 Å². The number of aliphatic hydroxyl groups is 3. The van der Waals surface area contributed by atoms with Crippen molar-refractivity contribution in [2.75, 3.05) is 6.61 Å². The highest BCUT2D eigenvalue weighted by atomic mass is 16.3. The highest BCUT2D eigenvalue weighted by Crippen LogP contribution is 2.17. The van der Waals surface area contributed by atoms with E-state index in [0.717, 1.165) is 38.5 Å².